The summed E-state index contributed by atoms with van der Waals surface area (Å²) in [5, 5.41) is 1.26. The van der Waals surface area contributed by atoms with Crippen molar-refractivity contribution in [2.24, 2.45) is 0 Å². The monoisotopic (exact) mass is 240 g/mol. The summed E-state index contributed by atoms with van der Waals surface area (Å²) in [5.41, 5.74) is 3.49. The number of carbonyl (C=O) groups excluding carboxylic acids is 1. The van der Waals surface area contributed by atoms with Gasteiger partial charge >= 0.3 is 12.1 Å². The zero-order valence-corrected chi connectivity index (χ0v) is 7.53. The first-order valence-electron chi connectivity index (χ1n) is 3.84. The fourth-order valence-electron chi connectivity index (χ4n) is 0.881. The third-order valence-electron chi connectivity index (χ3n) is 1.60. The molecule has 0 aliphatic heterocycles. The zero-order chi connectivity index (χ0) is 12.5. The molecular weight excluding hydrogens is 235 g/mol. The zero-order valence-electron chi connectivity index (χ0n) is 7.53. The number of carbonyl (C=O) groups is 1. The van der Waals surface area contributed by atoms with Crippen LogP contribution in [0.1, 0.15) is 0 Å². The van der Waals surface area contributed by atoms with Gasteiger partial charge in [-0.3, -0.25) is 4.79 Å². The molecule has 1 aromatic rings. The summed E-state index contributed by atoms with van der Waals surface area (Å²) >= 11 is 0. The molecule has 3 nitrogen and oxygen atoms in total. The van der Waals surface area contributed by atoms with Crippen LogP contribution in [0.4, 0.5) is 33.3 Å². The van der Waals surface area contributed by atoms with E-state index in [2.05, 4.69) is 0 Å². The Kier molecular flexibility index (Phi) is 3.02. The van der Waals surface area contributed by atoms with E-state index in [0.717, 1.165) is 0 Å². The van der Waals surface area contributed by atoms with E-state index >= 15 is 0 Å². The molecule has 0 saturated heterocycles. The van der Waals surface area contributed by atoms with Gasteiger partial charge in [-0.15, -0.1) is 0 Å². The van der Waals surface area contributed by atoms with Crippen LogP contribution < -0.4 is 11.1 Å². The van der Waals surface area contributed by atoms with Gasteiger partial charge in [0.05, 0.1) is 11.4 Å². The standard InChI is InChI=1S/C8H5F5N2O/c9-3-1-4(10)6(14)5(2-3)15-7(16)8(11,12)13/h1-2H,14H2,(H,15,16). The van der Waals surface area contributed by atoms with Crippen LogP contribution >= 0.6 is 0 Å². The van der Waals surface area contributed by atoms with Gasteiger partial charge in [0.25, 0.3) is 0 Å². The van der Waals surface area contributed by atoms with Gasteiger partial charge in [0, 0.05) is 6.07 Å². The van der Waals surface area contributed by atoms with Crippen LogP contribution in [0.15, 0.2) is 12.1 Å². The SMILES string of the molecule is Nc1c(F)cc(F)cc1NC(=O)C(F)(F)F. The lowest BCUT2D eigenvalue weighted by molar-refractivity contribution is -0.167. The van der Waals surface area contributed by atoms with Gasteiger partial charge in [-0.1, -0.05) is 0 Å². The summed E-state index contributed by atoms with van der Waals surface area (Å²) in [5.74, 6) is -4.76. The average Bonchev–Trinajstić information content (AvgIpc) is 2.11. The minimum atomic E-state index is -5.16. The van der Waals surface area contributed by atoms with Crippen LogP contribution in [0.2, 0.25) is 0 Å². The van der Waals surface area contributed by atoms with Crippen LogP contribution in [-0.4, -0.2) is 12.1 Å². The lowest BCUT2D eigenvalue weighted by atomic mass is 10.2. The second-order valence-electron chi connectivity index (χ2n) is 2.80. The second kappa shape index (κ2) is 3.95. The number of nitrogens with one attached hydrogen (secondary N) is 1. The maximum Gasteiger partial charge on any atom is 0.471 e. The smallest absolute Gasteiger partial charge is 0.395 e. The first-order valence-corrected chi connectivity index (χ1v) is 3.84. The number of halogens is 5. The van der Waals surface area contributed by atoms with Gasteiger partial charge in [-0.25, -0.2) is 8.78 Å². The summed E-state index contributed by atoms with van der Waals surface area (Å²) in [4.78, 5) is 10.5. The number of anilines is 2. The molecular formula is C8H5F5N2O. The molecule has 1 amide bonds. The molecule has 0 heterocycles. The lowest BCUT2D eigenvalue weighted by Gasteiger charge is -2.10. The first kappa shape index (κ1) is 12.2. The fraction of sp³-hybridized carbons (Fsp3) is 0.125. The summed E-state index contributed by atoms with van der Waals surface area (Å²) in [6.45, 7) is 0. The molecule has 0 aliphatic rings. The molecule has 3 N–H and O–H groups in total. The summed E-state index contributed by atoms with van der Waals surface area (Å²) in [6, 6.07) is 0.876. The van der Waals surface area contributed by atoms with E-state index in [1.165, 1.54) is 5.32 Å². The van der Waals surface area contributed by atoms with Gasteiger partial charge < -0.3 is 11.1 Å². The summed E-state index contributed by atoms with van der Waals surface area (Å²) in [7, 11) is 0. The van der Waals surface area contributed by atoms with Crippen molar-refractivity contribution in [1.29, 1.82) is 0 Å². The van der Waals surface area contributed by atoms with Crippen LogP contribution in [-0.2, 0) is 4.79 Å². The quantitative estimate of drug-likeness (QED) is 0.583. The van der Waals surface area contributed by atoms with Crippen LogP contribution in [0.5, 0.6) is 0 Å². The summed E-state index contributed by atoms with van der Waals surface area (Å²) < 4.78 is 60.9. The minimum absolute atomic E-state index is 0.387. The van der Waals surface area contributed by atoms with Crippen LogP contribution in [0, 0.1) is 11.6 Å². The Balaban J connectivity index is 3.03. The van der Waals surface area contributed by atoms with E-state index < -0.39 is 35.1 Å². The highest BCUT2D eigenvalue weighted by atomic mass is 19.4. The number of rotatable bonds is 1. The Bertz CT molecular complexity index is 429. The molecule has 0 unspecified atom stereocenters. The van der Waals surface area contributed by atoms with Crippen molar-refractivity contribution in [3.8, 4) is 0 Å². The number of amides is 1. The predicted octanol–water partition coefficient (Wildman–Crippen LogP) is 2.05. The highest BCUT2D eigenvalue weighted by molar-refractivity contribution is 5.97. The van der Waals surface area contributed by atoms with E-state index in [1.54, 1.807) is 0 Å². The maximum absolute atomic E-state index is 12.8. The van der Waals surface area contributed by atoms with Crippen molar-refractivity contribution in [1.82, 2.24) is 0 Å². The molecule has 0 aromatic heterocycles. The highest BCUT2D eigenvalue weighted by Gasteiger charge is 2.39. The van der Waals surface area contributed by atoms with Gasteiger partial charge in [0.1, 0.15) is 5.82 Å². The largest absolute Gasteiger partial charge is 0.471 e. The lowest BCUT2D eigenvalue weighted by Crippen LogP contribution is -2.30. The Labute approximate surface area is 86.0 Å². The molecule has 0 atom stereocenters. The van der Waals surface area contributed by atoms with Gasteiger partial charge in [0.15, 0.2) is 5.82 Å². The number of nitrogens with two attached hydrogens (primary N) is 1. The molecule has 0 aliphatic carbocycles. The number of nitrogen functional groups attached to an aromatic ring is 1. The van der Waals surface area contributed by atoms with E-state index in [1.807, 2.05) is 0 Å². The Morgan fingerprint density at radius 3 is 2.31 bits per heavy atom. The number of hydrogen-bond acceptors (Lipinski definition) is 2. The van der Waals surface area contributed by atoms with Crippen molar-refractivity contribution in [3.05, 3.63) is 23.8 Å². The second-order valence-corrected chi connectivity index (χ2v) is 2.80. The topological polar surface area (TPSA) is 55.1 Å². The van der Waals surface area contributed by atoms with Crippen molar-refractivity contribution in [2.75, 3.05) is 11.1 Å². The third kappa shape index (κ3) is 2.59. The Morgan fingerprint density at radius 2 is 1.81 bits per heavy atom. The first-order chi connectivity index (χ1) is 7.21. The number of alkyl halides is 3. The van der Waals surface area contributed by atoms with E-state index in [-0.39, 0.29) is 0 Å². The van der Waals surface area contributed by atoms with Crippen molar-refractivity contribution in [3.63, 3.8) is 0 Å². The van der Waals surface area contributed by atoms with Crippen LogP contribution in [0.25, 0.3) is 0 Å². The maximum atomic E-state index is 12.8. The van der Waals surface area contributed by atoms with E-state index in [9.17, 15) is 26.7 Å². The molecule has 0 fully saturated rings. The number of hydrogen-bond donors (Lipinski definition) is 2. The molecule has 88 valence electrons. The molecule has 16 heavy (non-hydrogen) atoms. The van der Waals surface area contributed by atoms with Gasteiger partial charge in [-0.2, -0.15) is 13.2 Å². The number of benzene rings is 1. The molecule has 1 rings (SSSR count). The molecule has 0 spiro atoms. The Morgan fingerprint density at radius 1 is 1.25 bits per heavy atom. The van der Waals surface area contributed by atoms with Gasteiger partial charge in [-0.05, 0) is 6.07 Å². The van der Waals surface area contributed by atoms with Crippen molar-refractivity contribution < 1.29 is 26.7 Å². The fourth-order valence-corrected chi connectivity index (χ4v) is 0.881. The van der Waals surface area contributed by atoms with E-state index in [4.69, 9.17) is 5.73 Å². The minimum Gasteiger partial charge on any atom is -0.395 e. The molecule has 0 saturated carbocycles. The predicted molar refractivity (Wildman–Crippen MR) is 45.5 cm³/mol. The van der Waals surface area contributed by atoms with Crippen LogP contribution in [0.3, 0.4) is 0 Å². The van der Waals surface area contributed by atoms with Crippen molar-refractivity contribution in [2.45, 2.75) is 6.18 Å². The molecule has 1 aromatic carbocycles. The molecule has 0 radical (unpaired) electrons. The molecule has 8 heteroatoms. The Hall–Kier alpha value is -1.86. The van der Waals surface area contributed by atoms with Gasteiger partial charge in [0.2, 0.25) is 0 Å². The van der Waals surface area contributed by atoms with E-state index in [0.29, 0.717) is 12.1 Å². The normalized spacial score (nSPS) is 11.3. The third-order valence-corrected chi connectivity index (χ3v) is 1.60. The molecule has 0 bridgehead atoms. The highest BCUT2D eigenvalue weighted by Crippen LogP contribution is 2.25. The van der Waals surface area contributed by atoms with Crippen molar-refractivity contribution >= 4 is 17.3 Å². The average molecular weight is 240 g/mol. The summed E-state index contributed by atoms with van der Waals surface area (Å²) in [6.07, 6.45) is -5.16.